The van der Waals surface area contributed by atoms with Crippen molar-refractivity contribution in [1.82, 2.24) is 10.6 Å². The van der Waals surface area contributed by atoms with E-state index in [2.05, 4.69) is 29.5 Å². The van der Waals surface area contributed by atoms with E-state index in [9.17, 15) is 4.79 Å². The van der Waals surface area contributed by atoms with E-state index in [0.717, 1.165) is 19.6 Å². The molecule has 6 nitrogen and oxygen atoms in total. The van der Waals surface area contributed by atoms with Crippen LogP contribution in [0, 0.1) is 11.3 Å². The van der Waals surface area contributed by atoms with Crippen molar-refractivity contribution in [3.8, 4) is 0 Å². The lowest BCUT2D eigenvalue weighted by atomic mass is 9.57. The van der Waals surface area contributed by atoms with E-state index < -0.39 is 5.60 Å². The van der Waals surface area contributed by atoms with Crippen molar-refractivity contribution in [3.63, 3.8) is 0 Å². The number of fused-ring (bicyclic) bond motifs is 1. The van der Waals surface area contributed by atoms with Gasteiger partial charge in [0.15, 0.2) is 5.96 Å². The second kappa shape index (κ2) is 6.67. The summed E-state index contributed by atoms with van der Waals surface area (Å²) in [7, 11) is 0. The summed E-state index contributed by atoms with van der Waals surface area (Å²) in [5.41, 5.74) is -0.411. The van der Waals surface area contributed by atoms with Gasteiger partial charge < -0.3 is 20.1 Å². The fraction of sp³-hybridized carbons (Fsp3) is 0.882. The van der Waals surface area contributed by atoms with Crippen LogP contribution in [0.4, 0.5) is 0 Å². The molecule has 0 spiro atoms. The maximum Gasteiger partial charge on any atom is 0.328 e. The highest BCUT2D eigenvalue weighted by molar-refractivity contribution is 5.83. The molecule has 3 unspecified atom stereocenters. The SMILES string of the molecule is CCNC(=NCC(=O)OC(C)(C)C)NC1C2CCOC2C1(C)C. The van der Waals surface area contributed by atoms with Gasteiger partial charge in [0.05, 0.1) is 6.10 Å². The lowest BCUT2D eigenvalue weighted by Gasteiger charge is -2.54. The standard InChI is InChI=1S/C17H31N3O3/c1-7-18-15(19-10-12(21)23-16(2,3)4)20-13-11-8-9-22-14(11)17(13,5)6/h11,13-14H,7-10H2,1-6H3,(H2,18,19,20). The van der Waals surface area contributed by atoms with Gasteiger partial charge in [0.2, 0.25) is 0 Å². The molecule has 132 valence electrons. The molecule has 2 N–H and O–H groups in total. The first-order valence-corrected chi connectivity index (χ1v) is 8.53. The molecule has 0 aromatic heterocycles. The van der Waals surface area contributed by atoms with Crippen LogP contribution in [-0.2, 0) is 14.3 Å². The predicted octanol–water partition coefficient (Wildman–Crippen LogP) is 1.70. The summed E-state index contributed by atoms with van der Waals surface area (Å²) in [4.78, 5) is 16.2. The van der Waals surface area contributed by atoms with Gasteiger partial charge in [-0.05, 0) is 34.1 Å². The molecular weight excluding hydrogens is 294 g/mol. The minimum atomic E-state index is -0.483. The Morgan fingerprint density at radius 2 is 2.09 bits per heavy atom. The maximum atomic E-state index is 11.8. The lowest BCUT2D eigenvalue weighted by molar-refractivity contribution is -0.152. The molecule has 2 fully saturated rings. The maximum absolute atomic E-state index is 11.8. The molecule has 6 heteroatoms. The van der Waals surface area contributed by atoms with Gasteiger partial charge in [-0.2, -0.15) is 0 Å². The number of nitrogens with zero attached hydrogens (tertiary/aromatic N) is 1. The van der Waals surface area contributed by atoms with Crippen LogP contribution in [0.25, 0.3) is 0 Å². The number of carbonyl (C=O) groups excluding carboxylic acids is 1. The van der Waals surface area contributed by atoms with Gasteiger partial charge >= 0.3 is 5.97 Å². The third-order valence-corrected chi connectivity index (χ3v) is 4.52. The van der Waals surface area contributed by atoms with Crippen molar-refractivity contribution >= 4 is 11.9 Å². The highest BCUT2D eigenvalue weighted by Gasteiger charge is 2.59. The van der Waals surface area contributed by atoms with E-state index in [1.807, 2.05) is 27.7 Å². The first-order chi connectivity index (χ1) is 10.6. The Morgan fingerprint density at radius 1 is 1.39 bits per heavy atom. The second-order valence-corrected chi connectivity index (χ2v) is 7.97. The molecule has 0 radical (unpaired) electrons. The fourth-order valence-corrected chi connectivity index (χ4v) is 3.60. The van der Waals surface area contributed by atoms with Crippen LogP contribution in [0.2, 0.25) is 0 Å². The molecule has 2 rings (SSSR count). The number of nitrogens with one attached hydrogen (secondary N) is 2. The molecule has 1 heterocycles. The normalized spacial score (nSPS) is 29.5. The third-order valence-electron chi connectivity index (χ3n) is 4.52. The van der Waals surface area contributed by atoms with Crippen LogP contribution in [0.15, 0.2) is 4.99 Å². The largest absolute Gasteiger partial charge is 0.459 e. The van der Waals surface area contributed by atoms with Gasteiger partial charge in [-0.1, -0.05) is 13.8 Å². The minimum Gasteiger partial charge on any atom is -0.459 e. The molecule has 0 aromatic rings. The Hall–Kier alpha value is -1.30. The third kappa shape index (κ3) is 4.16. The Labute approximate surface area is 139 Å². The number of carbonyl (C=O) groups is 1. The van der Waals surface area contributed by atoms with Crippen LogP contribution in [0.5, 0.6) is 0 Å². The van der Waals surface area contributed by atoms with E-state index in [-0.39, 0.29) is 17.9 Å². The zero-order valence-electron chi connectivity index (χ0n) is 15.2. The molecule has 0 aromatic carbocycles. The van der Waals surface area contributed by atoms with Crippen molar-refractivity contribution < 1.29 is 14.3 Å². The number of hydrogen-bond acceptors (Lipinski definition) is 4. The Kier molecular flexibility index (Phi) is 5.23. The fourth-order valence-electron chi connectivity index (χ4n) is 3.60. The first kappa shape index (κ1) is 18.0. The summed E-state index contributed by atoms with van der Waals surface area (Å²) in [6, 6.07) is 0.312. The van der Waals surface area contributed by atoms with Gasteiger partial charge in [0.1, 0.15) is 12.1 Å². The summed E-state index contributed by atoms with van der Waals surface area (Å²) < 4.78 is 11.1. The van der Waals surface area contributed by atoms with Crippen molar-refractivity contribution in [2.45, 2.75) is 65.7 Å². The molecule has 23 heavy (non-hydrogen) atoms. The van der Waals surface area contributed by atoms with Crippen LogP contribution in [-0.4, -0.2) is 49.4 Å². The lowest BCUT2D eigenvalue weighted by Crippen LogP contribution is -2.68. The zero-order valence-corrected chi connectivity index (χ0v) is 15.2. The average Bonchev–Trinajstić information content (AvgIpc) is 2.86. The van der Waals surface area contributed by atoms with E-state index in [0.29, 0.717) is 24.0 Å². The summed E-state index contributed by atoms with van der Waals surface area (Å²) in [5, 5.41) is 6.69. The van der Waals surface area contributed by atoms with E-state index in [1.54, 1.807) is 0 Å². The zero-order chi connectivity index (χ0) is 17.3. The van der Waals surface area contributed by atoms with Crippen LogP contribution in [0.3, 0.4) is 0 Å². The Morgan fingerprint density at radius 3 is 2.70 bits per heavy atom. The van der Waals surface area contributed by atoms with Crippen molar-refractivity contribution in [2.24, 2.45) is 16.3 Å². The average molecular weight is 325 g/mol. The number of rotatable bonds is 4. The Balaban J connectivity index is 1.96. The Bertz CT molecular complexity index is 468. The molecule has 0 bridgehead atoms. The monoisotopic (exact) mass is 325 g/mol. The van der Waals surface area contributed by atoms with Crippen molar-refractivity contribution in [2.75, 3.05) is 19.7 Å². The van der Waals surface area contributed by atoms with Gasteiger partial charge in [-0.15, -0.1) is 0 Å². The van der Waals surface area contributed by atoms with Gasteiger partial charge in [0.25, 0.3) is 0 Å². The van der Waals surface area contributed by atoms with Crippen molar-refractivity contribution in [3.05, 3.63) is 0 Å². The number of ether oxygens (including phenoxy) is 2. The number of hydrogen-bond donors (Lipinski definition) is 2. The summed E-state index contributed by atoms with van der Waals surface area (Å²) >= 11 is 0. The second-order valence-electron chi connectivity index (χ2n) is 7.97. The smallest absolute Gasteiger partial charge is 0.328 e. The van der Waals surface area contributed by atoms with E-state index in [1.165, 1.54) is 0 Å². The van der Waals surface area contributed by atoms with Crippen molar-refractivity contribution in [1.29, 1.82) is 0 Å². The predicted molar refractivity (Wildman–Crippen MR) is 90.4 cm³/mol. The summed E-state index contributed by atoms with van der Waals surface area (Å²) in [6.45, 7) is 13.6. The number of esters is 1. The highest BCUT2D eigenvalue weighted by Crippen LogP contribution is 2.52. The summed E-state index contributed by atoms with van der Waals surface area (Å²) in [6.07, 6.45) is 1.41. The highest BCUT2D eigenvalue weighted by atomic mass is 16.6. The molecule has 1 saturated heterocycles. The quantitative estimate of drug-likeness (QED) is 0.468. The molecule has 1 aliphatic heterocycles. The van der Waals surface area contributed by atoms with E-state index >= 15 is 0 Å². The topological polar surface area (TPSA) is 72.0 Å². The number of guanidine groups is 1. The molecule has 1 aliphatic carbocycles. The van der Waals surface area contributed by atoms with Gasteiger partial charge in [-0.3, -0.25) is 4.79 Å². The molecular formula is C17H31N3O3. The van der Waals surface area contributed by atoms with Crippen LogP contribution < -0.4 is 10.6 Å². The molecule has 2 aliphatic rings. The van der Waals surface area contributed by atoms with Gasteiger partial charge in [-0.25, -0.2) is 4.99 Å². The van der Waals surface area contributed by atoms with Crippen LogP contribution in [0.1, 0.15) is 48.0 Å². The number of aliphatic imine (C=N–C) groups is 1. The summed E-state index contributed by atoms with van der Waals surface area (Å²) in [5.74, 6) is 0.877. The minimum absolute atomic E-state index is 0.0182. The van der Waals surface area contributed by atoms with Gasteiger partial charge in [0, 0.05) is 30.5 Å². The van der Waals surface area contributed by atoms with Crippen LogP contribution >= 0.6 is 0 Å². The molecule has 1 saturated carbocycles. The van der Waals surface area contributed by atoms with E-state index in [4.69, 9.17) is 9.47 Å². The first-order valence-electron chi connectivity index (χ1n) is 8.53. The molecule has 0 amide bonds. The molecule has 3 atom stereocenters.